The average Bonchev–Trinajstić information content (AvgIpc) is 2.88. The van der Waals surface area contributed by atoms with E-state index in [2.05, 4.69) is 22.1 Å². The molecule has 112 valence electrons. The van der Waals surface area contributed by atoms with Crippen LogP contribution in [0.2, 0.25) is 0 Å². The van der Waals surface area contributed by atoms with Crippen molar-refractivity contribution in [2.24, 2.45) is 0 Å². The van der Waals surface area contributed by atoms with Gasteiger partial charge in [0.15, 0.2) is 11.5 Å². The van der Waals surface area contributed by atoms with Gasteiger partial charge in [0.1, 0.15) is 5.65 Å². The minimum absolute atomic E-state index is 0.256. The molecule has 0 unspecified atom stereocenters. The van der Waals surface area contributed by atoms with Crippen molar-refractivity contribution in [2.45, 2.75) is 25.8 Å². The van der Waals surface area contributed by atoms with Crippen LogP contribution in [0.5, 0.6) is 0 Å². The third kappa shape index (κ3) is 2.47. The summed E-state index contributed by atoms with van der Waals surface area (Å²) in [4.78, 5) is 18.4. The SMILES string of the molecule is CCN(c1nc2ccccn2c1C(=O)O)C1CCNCC1. The van der Waals surface area contributed by atoms with Crippen LogP contribution in [0, 0.1) is 0 Å². The highest BCUT2D eigenvalue weighted by Gasteiger charge is 2.28. The lowest BCUT2D eigenvalue weighted by Gasteiger charge is -2.34. The van der Waals surface area contributed by atoms with Gasteiger partial charge in [-0.25, -0.2) is 9.78 Å². The number of hydrogen-bond donors (Lipinski definition) is 2. The van der Waals surface area contributed by atoms with E-state index in [0.717, 1.165) is 32.5 Å². The molecule has 0 saturated carbocycles. The number of aromatic nitrogens is 2. The van der Waals surface area contributed by atoms with Crippen LogP contribution in [0.1, 0.15) is 30.3 Å². The highest BCUT2D eigenvalue weighted by Crippen LogP contribution is 2.26. The van der Waals surface area contributed by atoms with E-state index in [-0.39, 0.29) is 5.69 Å². The number of carbonyl (C=O) groups is 1. The van der Waals surface area contributed by atoms with Crippen LogP contribution in [0.25, 0.3) is 5.65 Å². The Labute approximate surface area is 123 Å². The van der Waals surface area contributed by atoms with Crippen molar-refractivity contribution in [3.8, 4) is 0 Å². The Balaban J connectivity index is 2.08. The van der Waals surface area contributed by atoms with Gasteiger partial charge in [0.2, 0.25) is 0 Å². The van der Waals surface area contributed by atoms with Gasteiger partial charge >= 0.3 is 5.97 Å². The molecule has 0 radical (unpaired) electrons. The minimum atomic E-state index is -0.934. The molecule has 2 aromatic rings. The van der Waals surface area contributed by atoms with Crippen molar-refractivity contribution in [3.63, 3.8) is 0 Å². The molecule has 0 aliphatic carbocycles. The third-order valence-electron chi connectivity index (χ3n) is 4.08. The summed E-state index contributed by atoms with van der Waals surface area (Å²) in [6.07, 6.45) is 3.78. The lowest BCUT2D eigenvalue weighted by molar-refractivity contribution is 0.0690. The van der Waals surface area contributed by atoms with Gasteiger partial charge in [-0.3, -0.25) is 4.40 Å². The van der Waals surface area contributed by atoms with E-state index in [0.29, 0.717) is 17.5 Å². The van der Waals surface area contributed by atoms with Crippen molar-refractivity contribution in [3.05, 3.63) is 30.1 Å². The highest BCUT2D eigenvalue weighted by molar-refractivity contribution is 5.93. The molecule has 0 atom stereocenters. The first kappa shape index (κ1) is 13.9. The molecule has 0 bridgehead atoms. The average molecular weight is 288 g/mol. The zero-order chi connectivity index (χ0) is 14.8. The largest absolute Gasteiger partial charge is 0.476 e. The molecule has 0 spiro atoms. The van der Waals surface area contributed by atoms with Crippen LogP contribution in [0.15, 0.2) is 24.4 Å². The molecule has 21 heavy (non-hydrogen) atoms. The summed E-state index contributed by atoms with van der Waals surface area (Å²) >= 11 is 0. The number of nitrogens with one attached hydrogen (secondary N) is 1. The number of carboxylic acids is 1. The normalized spacial score (nSPS) is 16.2. The lowest BCUT2D eigenvalue weighted by atomic mass is 10.0. The third-order valence-corrected chi connectivity index (χ3v) is 4.08. The number of piperidine rings is 1. The smallest absolute Gasteiger partial charge is 0.356 e. The summed E-state index contributed by atoms with van der Waals surface area (Å²) in [5.74, 6) is -0.348. The molecule has 6 heteroatoms. The Morgan fingerprint density at radius 1 is 1.48 bits per heavy atom. The van der Waals surface area contributed by atoms with Crippen molar-refractivity contribution in [2.75, 3.05) is 24.5 Å². The van der Waals surface area contributed by atoms with E-state index >= 15 is 0 Å². The van der Waals surface area contributed by atoms with Crippen molar-refractivity contribution in [1.82, 2.24) is 14.7 Å². The molecule has 1 fully saturated rings. The van der Waals surface area contributed by atoms with Crippen LogP contribution >= 0.6 is 0 Å². The van der Waals surface area contributed by atoms with Gasteiger partial charge in [-0.05, 0) is 45.0 Å². The number of nitrogens with zero attached hydrogens (tertiary/aromatic N) is 3. The predicted molar refractivity (Wildman–Crippen MR) is 81.1 cm³/mol. The fourth-order valence-corrected chi connectivity index (χ4v) is 3.08. The number of carboxylic acid groups (broad SMARTS) is 1. The fourth-order valence-electron chi connectivity index (χ4n) is 3.08. The predicted octanol–water partition coefficient (Wildman–Crippen LogP) is 1.61. The van der Waals surface area contributed by atoms with Gasteiger partial charge in [0, 0.05) is 18.8 Å². The van der Waals surface area contributed by atoms with Crippen LogP contribution < -0.4 is 10.2 Å². The van der Waals surface area contributed by atoms with Crippen molar-refractivity contribution >= 4 is 17.4 Å². The first-order valence-corrected chi connectivity index (χ1v) is 7.40. The molecular formula is C15H20N4O2. The summed E-state index contributed by atoms with van der Waals surface area (Å²) in [6, 6.07) is 5.88. The zero-order valence-electron chi connectivity index (χ0n) is 12.1. The topological polar surface area (TPSA) is 69.9 Å². The summed E-state index contributed by atoms with van der Waals surface area (Å²) in [7, 11) is 0. The molecular weight excluding hydrogens is 268 g/mol. The monoisotopic (exact) mass is 288 g/mol. The van der Waals surface area contributed by atoms with Gasteiger partial charge in [0.05, 0.1) is 0 Å². The quantitative estimate of drug-likeness (QED) is 0.894. The number of imidazole rings is 1. The van der Waals surface area contributed by atoms with Crippen molar-refractivity contribution < 1.29 is 9.90 Å². The van der Waals surface area contributed by atoms with Gasteiger partial charge in [-0.15, -0.1) is 0 Å². The van der Waals surface area contributed by atoms with Gasteiger partial charge in [-0.1, -0.05) is 6.07 Å². The number of pyridine rings is 1. The molecule has 3 heterocycles. The van der Waals surface area contributed by atoms with E-state index in [1.807, 2.05) is 18.2 Å². The van der Waals surface area contributed by atoms with E-state index in [1.54, 1.807) is 10.6 Å². The Morgan fingerprint density at radius 3 is 2.90 bits per heavy atom. The molecule has 2 aromatic heterocycles. The molecule has 0 aromatic carbocycles. The second kappa shape index (κ2) is 5.73. The fraction of sp³-hybridized carbons (Fsp3) is 0.467. The maximum absolute atomic E-state index is 11.7. The maximum atomic E-state index is 11.7. The lowest BCUT2D eigenvalue weighted by Crippen LogP contribution is -2.44. The Morgan fingerprint density at radius 2 is 2.24 bits per heavy atom. The Bertz CT molecular complexity index is 646. The molecule has 1 aliphatic heterocycles. The van der Waals surface area contributed by atoms with Crippen LogP contribution in [-0.4, -0.2) is 46.1 Å². The van der Waals surface area contributed by atoms with Crippen LogP contribution in [0.3, 0.4) is 0 Å². The van der Waals surface area contributed by atoms with Gasteiger partial charge in [0.25, 0.3) is 0 Å². The number of fused-ring (bicyclic) bond motifs is 1. The van der Waals surface area contributed by atoms with Gasteiger partial charge < -0.3 is 15.3 Å². The molecule has 6 nitrogen and oxygen atoms in total. The molecule has 1 aliphatic rings. The van der Waals surface area contributed by atoms with E-state index in [9.17, 15) is 9.90 Å². The van der Waals surface area contributed by atoms with E-state index in [4.69, 9.17) is 0 Å². The van der Waals surface area contributed by atoms with E-state index < -0.39 is 5.97 Å². The van der Waals surface area contributed by atoms with Crippen LogP contribution in [-0.2, 0) is 0 Å². The second-order valence-electron chi connectivity index (χ2n) is 5.29. The number of anilines is 1. The molecule has 1 saturated heterocycles. The highest BCUT2D eigenvalue weighted by atomic mass is 16.4. The second-order valence-corrected chi connectivity index (χ2v) is 5.29. The number of aromatic carboxylic acids is 1. The number of rotatable bonds is 4. The first-order valence-electron chi connectivity index (χ1n) is 7.40. The number of hydrogen-bond acceptors (Lipinski definition) is 4. The van der Waals surface area contributed by atoms with Crippen molar-refractivity contribution in [1.29, 1.82) is 0 Å². The van der Waals surface area contributed by atoms with E-state index in [1.165, 1.54) is 0 Å². The molecule has 2 N–H and O–H groups in total. The Kier molecular flexibility index (Phi) is 3.79. The zero-order valence-corrected chi connectivity index (χ0v) is 12.1. The van der Waals surface area contributed by atoms with Gasteiger partial charge in [-0.2, -0.15) is 0 Å². The molecule has 0 amide bonds. The standard InChI is InChI=1S/C15H20N4O2/c1-2-18(11-6-8-16-9-7-11)14-13(15(20)21)19-10-4-3-5-12(19)17-14/h3-5,10-11,16H,2,6-9H2,1H3,(H,20,21). The molecule has 3 rings (SSSR count). The minimum Gasteiger partial charge on any atom is -0.476 e. The first-order chi connectivity index (χ1) is 10.2. The van der Waals surface area contributed by atoms with Crippen LogP contribution in [0.4, 0.5) is 5.82 Å². The summed E-state index contributed by atoms with van der Waals surface area (Å²) in [5.41, 5.74) is 0.934. The Hall–Kier alpha value is -2.08. The maximum Gasteiger partial charge on any atom is 0.356 e. The summed E-state index contributed by atoms with van der Waals surface area (Å²) < 4.78 is 1.65. The summed E-state index contributed by atoms with van der Waals surface area (Å²) in [5, 5.41) is 12.9. The summed E-state index contributed by atoms with van der Waals surface area (Å²) in [6.45, 7) is 4.75.